The number of sulfonamides is 1. The maximum atomic E-state index is 13.0. The summed E-state index contributed by atoms with van der Waals surface area (Å²) in [6.45, 7) is -3.31. The highest BCUT2D eigenvalue weighted by Crippen LogP contribution is 2.35. The van der Waals surface area contributed by atoms with Crippen LogP contribution < -0.4 is 9.47 Å². The molecule has 0 saturated carbocycles. The lowest BCUT2D eigenvalue weighted by atomic mass is 10.2. The molecule has 1 aromatic carbocycles. The summed E-state index contributed by atoms with van der Waals surface area (Å²) in [5.74, 6) is -1.10. The maximum absolute atomic E-state index is 13.0. The molecule has 0 N–H and O–H groups in total. The van der Waals surface area contributed by atoms with Gasteiger partial charge in [-0.25, -0.2) is 8.42 Å². The molecule has 166 valence electrons. The molecular formula is C16H19F6NO5S. The molecule has 0 amide bonds. The van der Waals surface area contributed by atoms with Crippen LogP contribution in [-0.4, -0.2) is 64.6 Å². The SMILES string of the molecule is COC[C@@H]1CCCN1S(=O)(=O)c1cc(OCC(F)(F)F)ccc1OCC(F)(F)F. The first-order valence-corrected chi connectivity index (χ1v) is 9.81. The van der Waals surface area contributed by atoms with Gasteiger partial charge in [0.05, 0.1) is 6.61 Å². The number of ether oxygens (including phenoxy) is 3. The maximum Gasteiger partial charge on any atom is 0.422 e. The van der Waals surface area contributed by atoms with E-state index in [1.807, 2.05) is 0 Å². The van der Waals surface area contributed by atoms with Gasteiger partial charge in [-0.2, -0.15) is 30.6 Å². The Morgan fingerprint density at radius 3 is 2.28 bits per heavy atom. The van der Waals surface area contributed by atoms with Crippen LogP contribution >= 0.6 is 0 Å². The number of nitrogens with zero attached hydrogens (tertiary/aromatic N) is 1. The summed E-state index contributed by atoms with van der Waals surface area (Å²) in [7, 11) is -3.02. The number of benzene rings is 1. The smallest absolute Gasteiger partial charge is 0.422 e. The van der Waals surface area contributed by atoms with Crippen molar-refractivity contribution in [2.75, 3.05) is 33.5 Å². The molecule has 0 aliphatic carbocycles. The molecule has 0 radical (unpaired) electrons. The first-order chi connectivity index (χ1) is 13.3. The van der Waals surface area contributed by atoms with Gasteiger partial charge in [-0.1, -0.05) is 0 Å². The third-order valence-corrected chi connectivity index (χ3v) is 5.95. The minimum atomic E-state index is -4.74. The summed E-state index contributed by atoms with van der Waals surface area (Å²) in [4.78, 5) is -0.704. The number of methoxy groups -OCH3 is 1. The van der Waals surface area contributed by atoms with E-state index in [4.69, 9.17) is 4.74 Å². The minimum Gasteiger partial charge on any atom is -0.484 e. The molecule has 1 fully saturated rings. The third-order valence-electron chi connectivity index (χ3n) is 3.98. The zero-order chi connectivity index (χ0) is 21.9. The Morgan fingerprint density at radius 2 is 1.69 bits per heavy atom. The summed E-state index contributed by atoms with van der Waals surface area (Å²) in [6, 6.07) is 1.92. The fourth-order valence-corrected chi connectivity index (χ4v) is 4.66. The molecule has 1 aliphatic rings. The molecule has 29 heavy (non-hydrogen) atoms. The highest BCUT2D eigenvalue weighted by Gasteiger charge is 2.38. The van der Waals surface area contributed by atoms with E-state index in [0.717, 1.165) is 22.5 Å². The first kappa shape index (κ1) is 23.5. The van der Waals surface area contributed by atoms with Gasteiger partial charge in [0.15, 0.2) is 13.2 Å². The summed E-state index contributed by atoms with van der Waals surface area (Å²) in [5.41, 5.74) is 0. The van der Waals surface area contributed by atoms with Crippen LogP contribution in [0.25, 0.3) is 0 Å². The average Bonchev–Trinajstić information content (AvgIpc) is 3.06. The van der Waals surface area contributed by atoms with Crippen molar-refractivity contribution in [3.05, 3.63) is 18.2 Å². The Kier molecular flexibility index (Phi) is 7.28. The van der Waals surface area contributed by atoms with Gasteiger partial charge in [-0.05, 0) is 25.0 Å². The summed E-state index contributed by atoms with van der Waals surface area (Å²) < 4.78 is 116. The van der Waals surface area contributed by atoms with Gasteiger partial charge >= 0.3 is 12.4 Å². The molecule has 6 nitrogen and oxygen atoms in total. The van der Waals surface area contributed by atoms with E-state index in [1.165, 1.54) is 7.11 Å². The van der Waals surface area contributed by atoms with Gasteiger partial charge in [-0.15, -0.1) is 0 Å². The minimum absolute atomic E-state index is 0.0578. The molecule has 0 bridgehead atoms. The largest absolute Gasteiger partial charge is 0.484 e. The van der Waals surface area contributed by atoms with Crippen molar-refractivity contribution in [1.29, 1.82) is 0 Å². The normalized spacial score (nSPS) is 18.8. The van der Waals surface area contributed by atoms with Crippen LogP contribution in [0.5, 0.6) is 11.5 Å². The van der Waals surface area contributed by atoms with Crippen molar-refractivity contribution in [1.82, 2.24) is 4.31 Å². The van der Waals surface area contributed by atoms with Crippen molar-refractivity contribution < 1.29 is 49.0 Å². The topological polar surface area (TPSA) is 65.1 Å². The van der Waals surface area contributed by atoms with Crippen LogP contribution in [-0.2, 0) is 14.8 Å². The van der Waals surface area contributed by atoms with Crippen molar-refractivity contribution >= 4 is 10.0 Å². The van der Waals surface area contributed by atoms with Crippen molar-refractivity contribution in [2.45, 2.75) is 36.1 Å². The molecule has 13 heteroatoms. The number of hydrogen-bond donors (Lipinski definition) is 0. The Morgan fingerprint density at radius 1 is 1.07 bits per heavy atom. The molecule has 0 spiro atoms. The molecule has 1 aromatic rings. The summed E-state index contributed by atoms with van der Waals surface area (Å²) >= 11 is 0. The quantitative estimate of drug-likeness (QED) is 0.568. The van der Waals surface area contributed by atoms with Crippen LogP contribution in [0, 0.1) is 0 Å². The van der Waals surface area contributed by atoms with Crippen LogP contribution in [0.1, 0.15) is 12.8 Å². The first-order valence-electron chi connectivity index (χ1n) is 8.37. The number of rotatable bonds is 8. The molecule has 2 rings (SSSR count). The second-order valence-electron chi connectivity index (χ2n) is 6.28. The fourth-order valence-electron chi connectivity index (χ4n) is 2.83. The van der Waals surface area contributed by atoms with Crippen LogP contribution in [0.15, 0.2) is 23.1 Å². The van der Waals surface area contributed by atoms with Gasteiger partial charge in [0.2, 0.25) is 10.0 Å². The number of alkyl halides is 6. The summed E-state index contributed by atoms with van der Waals surface area (Å²) in [5, 5.41) is 0. The Bertz CT molecular complexity index is 796. The van der Waals surface area contributed by atoms with Crippen molar-refractivity contribution in [2.24, 2.45) is 0 Å². The summed E-state index contributed by atoms with van der Waals surface area (Å²) in [6.07, 6.45) is -8.45. The fraction of sp³-hybridized carbons (Fsp3) is 0.625. The van der Waals surface area contributed by atoms with Gasteiger partial charge < -0.3 is 14.2 Å². The lowest BCUT2D eigenvalue weighted by Crippen LogP contribution is -2.38. The van der Waals surface area contributed by atoms with E-state index < -0.39 is 58.0 Å². The van der Waals surface area contributed by atoms with E-state index in [9.17, 15) is 34.8 Å². The van der Waals surface area contributed by atoms with Gasteiger partial charge in [-0.3, -0.25) is 0 Å². The Hall–Kier alpha value is -1.73. The highest BCUT2D eigenvalue weighted by atomic mass is 32.2. The van der Waals surface area contributed by atoms with Gasteiger partial charge in [0.1, 0.15) is 16.4 Å². The lowest BCUT2D eigenvalue weighted by Gasteiger charge is -2.25. The zero-order valence-electron chi connectivity index (χ0n) is 15.2. The van der Waals surface area contributed by atoms with Crippen molar-refractivity contribution in [3.63, 3.8) is 0 Å². The van der Waals surface area contributed by atoms with E-state index in [0.29, 0.717) is 12.8 Å². The molecule has 0 unspecified atom stereocenters. The molecule has 1 atom stereocenters. The van der Waals surface area contributed by atoms with Gasteiger partial charge in [0, 0.05) is 25.8 Å². The predicted molar refractivity (Wildman–Crippen MR) is 88.3 cm³/mol. The standard InChI is InChI=1S/C16H19F6NO5S/c1-26-8-11-3-2-6-23(11)29(24,25)14-7-12(27-9-15(17,18)19)4-5-13(14)28-10-16(20,21)22/h4-5,7,11H,2-3,6,8-10H2,1H3/t11-/m0/s1. The highest BCUT2D eigenvalue weighted by molar-refractivity contribution is 7.89. The second-order valence-corrected chi connectivity index (χ2v) is 8.14. The van der Waals surface area contributed by atoms with E-state index >= 15 is 0 Å². The average molecular weight is 451 g/mol. The zero-order valence-corrected chi connectivity index (χ0v) is 16.0. The van der Waals surface area contributed by atoms with E-state index in [2.05, 4.69) is 9.47 Å². The second kappa shape index (κ2) is 8.96. The van der Waals surface area contributed by atoms with Gasteiger partial charge in [0.25, 0.3) is 0 Å². The number of hydrogen-bond acceptors (Lipinski definition) is 5. The third kappa shape index (κ3) is 6.64. The Labute approximate surface area is 163 Å². The van der Waals surface area contributed by atoms with Crippen molar-refractivity contribution in [3.8, 4) is 11.5 Å². The predicted octanol–water partition coefficient (Wildman–Crippen LogP) is 3.37. The molecule has 1 saturated heterocycles. The van der Waals surface area contributed by atoms with Crippen LogP contribution in [0.4, 0.5) is 26.3 Å². The molecule has 1 aliphatic heterocycles. The molecule has 1 heterocycles. The van der Waals surface area contributed by atoms with E-state index in [-0.39, 0.29) is 13.2 Å². The lowest BCUT2D eigenvalue weighted by molar-refractivity contribution is -0.154. The van der Waals surface area contributed by atoms with Crippen LogP contribution in [0.2, 0.25) is 0 Å². The van der Waals surface area contributed by atoms with Crippen LogP contribution in [0.3, 0.4) is 0 Å². The molecular weight excluding hydrogens is 432 g/mol. The monoisotopic (exact) mass is 451 g/mol. The van der Waals surface area contributed by atoms with E-state index in [1.54, 1.807) is 0 Å². The molecule has 0 aromatic heterocycles. The number of halogens is 6. The Balaban J connectivity index is 2.40.